The summed E-state index contributed by atoms with van der Waals surface area (Å²) < 4.78 is 5.47. The average molecular weight is 941 g/mol. The number of carbonyl (C=O) groups is 2. The predicted molar refractivity (Wildman–Crippen MR) is 292 cm³/mol. The largest absolute Gasteiger partial charge is 0.466 e. The number of ether oxygens (including phenoxy) is 1. The van der Waals surface area contributed by atoms with E-state index in [1.807, 2.05) is 6.08 Å². The number of hydrogen-bond donors (Lipinski definition) is 3. The first-order valence-electron chi connectivity index (χ1n) is 29.4. The molecular formula is C61H113NO5. The van der Waals surface area contributed by atoms with E-state index < -0.39 is 12.1 Å². The van der Waals surface area contributed by atoms with Gasteiger partial charge in [-0.2, -0.15) is 0 Å². The van der Waals surface area contributed by atoms with Gasteiger partial charge in [0, 0.05) is 12.8 Å². The minimum Gasteiger partial charge on any atom is -0.466 e. The average Bonchev–Trinajstić information content (AvgIpc) is 3.33. The molecule has 0 aliphatic heterocycles. The second kappa shape index (κ2) is 56.4. The minimum atomic E-state index is -0.854. The van der Waals surface area contributed by atoms with Gasteiger partial charge < -0.3 is 20.3 Å². The van der Waals surface area contributed by atoms with Gasteiger partial charge in [-0.3, -0.25) is 9.59 Å². The Morgan fingerprint density at radius 3 is 1.16 bits per heavy atom. The Hall–Kier alpha value is -2.18. The van der Waals surface area contributed by atoms with Gasteiger partial charge in [-0.15, -0.1) is 0 Å². The van der Waals surface area contributed by atoms with E-state index >= 15 is 0 Å². The van der Waals surface area contributed by atoms with Crippen molar-refractivity contribution in [2.24, 2.45) is 0 Å². The monoisotopic (exact) mass is 940 g/mol. The van der Waals surface area contributed by atoms with Crippen molar-refractivity contribution in [2.45, 2.75) is 315 Å². The van der Waals surface area contributed by atoms with E-state index in [0.29, 0.717) is 19.4 Å². The molecule has 0 bridgehead atoms. The number of nitrogens with one attached hydrogen (secondary N) is 1. The number of aliphatic hydroxyl groups excluding tert-OH is 2. The normalized spacial score (nSPS) is 13.0. The van der Waals surface area contributed by atoms with Crippen molar-refractivity contribution in [1.29, 1.82) is 0 Å². The molecule has 67 heavy (non-hydrogen) atoms. The Labute approximate surface area is 416 Å². The Morgan fingerprint density at radius 1 is 0.418 bits per heavy atom. The molecule has 0 fully saturated rings. The van der Waals surface area contributed by atoms with Gasteiger partial charge in [0.05, 0.1) is 25.4 Å². The van der Waals surface area contributed by atoms with Crippen LogP contribution in [0.15, 0.2) is 48.6 Å². The summed E-state index contributed by atoms with van der Waals surface area (Å²) in [6.45, 7) is 4.87. The summed E-state index contributed by atoms with van der Waals surface area (Å²) in [5, 5.41) is 23.1. The van der Waals surface area contributed by atoms with Crippen LogP contribution in [0.4, 0.5) is 0 Å². The third kappa shape index (κ3) is 53.0. The van der Waals surface area contributed by atoms with Gasteiger partial charge in [-0.25, -0.2) is 0 Å². The number of hydrogen-bond acceptors (Lipinski definition) is 5. The zero-order valence-corrected chi connectivity index (χ0v) is 44.6. The highest BCUT2D eigenvalue weighted by Gasteiger charge is 2.18. The van der Waals surface area contributed by atoms with Crippen LogP contribution < -0.4 is 5.32 Å². The minimum absolute atomic E-state index is 0.0118. The molecule has 0 aliphatic carbocycles. The van der Waals surface area contributed by atoms with E-state index in [-0.39, 0.29) is 18.5 Å². The Morgan fingerprint density at radius 2 is 0.746 bits per heavy atom. The molecule has 0 radical (unpaired) electrons. The molecule has 0 heterocycles. The predicted octanol–water partition coefficient (Wildman–Crippen LogP) is 18.2. The molecular weight excluding hydrogens is 827 g/mol. The topological polar surface area (TPSA) is 95.9 Å². The maximum Gasteiger partial charge on any atom is 0.305 e. The maximum atomic E-state index is 12.5. The van der Waals surface area contributed by atoms with Crippen molar-refractivity contribution in [2.75, 3.05) is 13.2 Å². The van der Waals surface area contributed by atoms with Crippen molar-refractivity contribution < 1.29 is 24.5 Å². The van der Waals surface area contributed by atoms with Gasteiger partial charge >= 0.3 is 5.97 Å². The van der Waals surface area contributed by atoms with Crippen LogP contribution in [-0.2, 0) is 14.3 Å². The van der Waals surface area contributed by atoms with E-state index in [9.17, 15) is 19.8 Å². The molecule has 1 amide bonds. The third-order valence-corrected chi connectivity index (χ3v) is 13.3. The van der Waals surface area contributed by atoms with E-state index in [2.05, 4.69) is 55.6 Å². The van der Waals surface area contributed by atoms with E-state index in [1.54, 1.807) is 6.08 Å². The Kier molecular flexibility index (Phi) is 54.6. The molecule has 2 unspecified atom stereocenters. The zero-order chi connectivity index (χ0) is 48.6. The van der Waals surface area contributed by atoms with Crippen molar-refractivity contribution >= 4 is 11.9 Å². The molecule has 392 valence electrons. The molecule has 6 nitrogen and oxygen atoms in total. The van der Waals surface area contributed by atoms with E-state index in [1.165, 1.54) is 205 Å². The van der Waals surface area contributed by atoms with Crippen molar-refractivity contribution in [1.82, 2.24) is 5.32 Å². The molecule has 0 spiro atoms. The Balaban J connectivity index is 3.49. The van der Waals surface area contributed by atoms with Gasteiger partial charge in [-0.1, -0.05) is 249 Å². The lowest BCUT2D eigenvalue weighted by Gasteiger charge is -2.20. The number of amides is 1. The van der Waals surface area contributed by atoms with Crippen molar-refractivity contribution in [3.63, 3.8) is 0 Å². The molecule has 0 aromatic carbocycles. The van der Waals surface area contributed by atoms with Gasteiger partial charge in [0.15, 0.2) is 0 Å². The number of aliphatic hydroxyl groups is 2. The van der Waals surface area contributed by atoms with Crippen molar-refractivity contribution in [3.8, 4) is 0 Å². The van der Waals surface area contributed by atoms with Gasteiger partial charge in [0.2, 0.25) is 5.91 Å². The molecule has 2 atom stereocenters. The summed E-state index contributed by atoms with van der Waals surface area (Å²) in [7, 11) is 0. The van der Waals surface area contributed by atoms with Crippen LogP contribution in [0, 0.1) is 0 Å². The standard InChI is InChI=1S/C61H113NO5/c1-3-5-7-9-11-13-15-17-19-25-29-33-37-41-45-49-53-59(64)58(57-63)62-60(65)54-50-46-42-38-34-30-26-23-21-22-24-28-32-36-40-44-48-52-56-67-61(66)55-51-47-43-39-35-31-27-20-18-16-14-12-10-8-6-4-2/h14,16,20,23,26-27,49,53,58-59,63-64H,3-13,15,17-19,21-22,24-25,28-48,50-52,54-57H2,1-2H3,(H,62,65)/b16-14-,26-23-,27-20-,53-49+. The fourth-order valence-electron chi connectivity index (χ4n) is 8.78. The number of esters is 1. The number of unbranched alkanes of at least 4 members (excludes halogenated alkanes) is 37. The molecule has 0 aromatic heterocycles. The van der Waals surface area contributed by atoms with Crippen LogP contribution >= 0.6 is 0 Å². The smallest absolute Gasteiger partial charge is 0.305 e. The molecule has 0 aliphatic rings. The highest BCUT2D eigenvalue weighted by molar-refractivity contribution is 5.76. The molecule has 0 saturated carbocycles. The summed E-state index contributed by atoms with van der Waals surface area (Å²) in [4.78, 5) is 24.5. The Bertz CT molecular complexity index is 1130. The van der Waals surface area contributed by atoms with E-state index in [4.69, 9.17) is 4.74 Å². The molecule has 6 heteroatoms. The van der Waals surface area contributed by atoms with Crippen LogP contribution in [0.25, 0.3) is 0 Å². The number of allylic oxidation sites excluding steroid dienone is 7. The van der Waals surface area contributed by atoms with Crippen LogP contribution in [0.3, 0.4) is 0 Å². The third-order valence-electron chi connectivity index (χ3n) is 13.3. The molecule has 0 rings (SSSR count). The first-order valence-corrected chi connectivity index (χ1v) is 29.4. The summed E-state index contributed by atoms with van der Waals surface area (Å²) in [5.41, 5.74) is 0. The second-order valence-electron chi connectivity index (χ2n) is 20.0. The summed E-state index contributed by atoms with van der Waals surface area (Å²) in [6, 6.07) is -0.639. The van der Waals surface area contributed by atoms with Crippen LogP contribution in [0.5, 0.6) is 0 Å². The fraction of sp³-hybridized carbons (Fsp3) is 0.836. The molecule has 3 N–H and O–H groups in total. The first kappa shape index (κ1) is 64.8. The zero-order valence-electron chi connectivity index (χ0n) is 44.6. The summed E-state index contributed by atoms with van der Waals surface area (Å²) in [6.07, 6.45) is 71.3. The first-order chi connectivity index (χ1) is 33.0. The summed E-state index contributed by atoms with van der Waals surface area (Å²) in [5.74, 6) is -0.0941. The second-order valence-corrected chi connectivity index (χ2v) is 20.0. The lowest BCUT2D eigenvalue weighted by Crippen LogP contribution is -2.45. The summed E-state index contributed by atoms with van der Waals surface area (Å²) >= 11 is 0. The fourth-order valence-corrected chi connectivity index (χ4v) is 8.78. The quantitative estimate of drug-likeness (QED) is 0.0321. The number of carbonyl (C=O) groups excluding carboxylic acids is 2. The highest BCUT2D eigenvalue weighted by atomic mass is 16.5. The lowest BCUT2D eigenvalue weighted by molar-refractivity contribution is -0.143. The van der Waals surface area contributed by atoms with Crippen molar-refractivity contribution in [3.05, 3.63) is 48.6 Å². The maximum absolute atomic E-state index is 12.5. The molecule has 0 saturated heterocycles. The van der Waals surface area contributed by atoms with Gasteiger partial charge in [-0.05, 0) is 89.9 Å². The van der Waals surface area contributed by atoms with Crippen LogP contribution in [0.2, 0.25) is 0 Å². The van der Waals surface area contributed by atoms with E-state index in [0.717, 1.165) is 70.6 Å². The number of rotatable bonds is 54. The van der Waals surface area contributed by atoms with Crippen LogP contribution in [-0.4, -0.2) is 47.4 Å². The molecule has 0 aromatic rings. The lowest BCUT2D eigenvalue weighted by atomic mass is 10.0. The highest BCUT2D eigenvalue weighted by Crippen LogP contribution is 2.16. The van der Waals surface area contributed by atoms with Gasteiger partial charge in [0.1, 0.15) is 0 Å². The van der Waals surface area contributed by atoms with Gasteiger partial charge in [0.25, 0.3) is 0 Å². The SMILES string of the molecule is CCCCCC/C=C\C/C=C\CCCCCCCC(=O)OCCCCCCCCCCC/C=C\CCCCCCCC(=O)NC(CO)C(O)/C=C/CCCCCCCCCCCCCCCC. The van der Waals surface area contributed by atoms with Crippen LogP contribution in [0.1, 0.15) is 303 Å².